The van der Waals surface area contributed by atoms with Gasteiger partial charge in [0.15, 0.2) is 0 Å². The van der Waals surface area contributed by atoms with E-state index < -0.39 is 17.2 Å². The predicted molar refractivity (Wildman–Crippen MR) is 74.0 cm³/mol. The standard InChI is InChI=1S/C12H13ClF3N5/c1-21-5-8(6-21)18-4-7(3-17)9-2-10(12(14,15)16)20-11(13)19-9/h2-4,8H,5-6,17H2,1H3. The molecule has 1 aliphatic rings. The van der Waals surface area contributed by atoms with Gasteiger partial charge in [-0.2, -0.15) is 13.2 Å². The van der Waals surface area contributed by atoms with Crippen LogP contribution in [0.3, 0.4) is 0 Å². The molecule has 0 radical (unpaired) electrons. The normalized spacial score (nSPS) is 18.2. The first-order valence-electron chi connectivity index (χ1n) is 6.05. The SMILES string of the molecule is CN1CC(N=CC(=CN)c2cc(C(F)(F)F)nc(Cl)n2)C1. The van der Waals surface area contributed by atoms with Gasteiger partial charge in [-0.05, 0) is 24.7 Å². The second-order valence-corrected chi connectivity index (χ2v) is 5.02. The first-order valence-corrected chi connectivity index (χ1v) is 6.43. The monoisotopic (exact) mass is 319 g/mol. The van der Waals surface area contributed by atoms with Gasteiger partial charge in [0, 0.05) is 31.1 Å². The first kappa shape index (κ1) is 15.7. The lowest BCUT2D eigenvalue weighted by Gasteiger charge is -2.33. The van der Waals surface area contributed by atoms with E-state index in [4.69, 9.17) is 17.3 Å². The summed E-state index contributed by atoms with van der Waals surface area (Å²) in [6.45, 7) is 1.60. The number of alkyl halides is 3. The Morgan fingerprint density at radius 1 is 1.48 bits per heavy atom. The molecule has 1 aliphatic heterocycles. The number of allylic oxidation sites excluding steroid dienone is 1. The Morgan fingerprint density at radius 2 is 2.14 bits per heavy atom. The van der Waals surface area contributed by atoms with Crippen molar-refractivity contribution in [3.05, 3.63) is 28.9 Å². The molecule has 2 heterocycles. The molecule has 5 nitrogen and oxygen atoms in total. The van der Waals surface area contributed by atoms with Gasteiger partial charge in [0.05, 0.1) is 11.7 Å². The number of rotatable bonds is 3. The molecular weight excluding hydrogens is 307 g/mol. The minimum Gasteiger partial charge on any atom is -0.404 e. The summed E-state index contributed by atoms with van der Waals surface area (Å²) in [6, 6.07) is 0.910. The summed E-state index contributed by atoms with van der Waals surface area (Å²) in [5.74, 6) is 0. The lowest BCUT2D eigenvalue weighted by atomic mass is 10.1. The maximum atomic E-state index is 12.7. The van der Waals surface area contributed by atoms with Crippen LogP contribution >= 0.6 is 11.6 Å². The molecule has 1 saturated heterocycles. The Bertz CT molecular complexity index is 579. The molecule has 114 valence electrons. The number of aliphatic imine (C=N–C) groups is 1. The number of halogens is 4. The molecule has 0 aliphatic carbocycles. The zero-order valence-electron chi connectivity index (χ0n) is 11.1. The van der Waals surface area contributed by atoms with Crippen molar-refractivity contribution in [2.75, 3.05) is 20.1 Å². The lowest BCUT2D eigenvalue weighted by Crippen LogP contribution is -2.46. The minimum atomic E-state index is -4.60. The fourth-order valence-electron chi connectivity index (χ4n) is 1.85. The second kappa shape index (κ2) is 5.98. The van der Waals surface area contributed by atoms with E-state index >= 15 is 0 Å². The molecule has 2 N–H and O–H groups in total. The van der Waals surface area contributed by atoms with Gasteiger partial charge in [-0.3, -0.25) is 4.99 Å². The molecule has 0 spiro atoms. The number of hydrogen-bond acceptors (Lipinski definition) is 5. The fourth-order valence-corrected chi connectivity index (χ4v) is 2.03. The van der Waals surface area contributed by atoms with Crippen molar-refractivity contribution < 1.29 is 13.2 Å². The van der Waals surface area contributed by atoms with E-state index in [0.717, 1.165) is 25.4 Å². The molecule has 0 aromatic carbocycles. The molecule has 0 bridgehead atoms. The highest BCUT2D eigenvalue weighted by Crippen LogP contribution is 2.29. The Morgan fingerprint density at radius 3 is 2.67 bits per heavy atom. The molecule has 9 heteroatoms. The third kappa shape index (κ3) is 3.92. The Labute approximate surface area is 124 Å². The molecule has 0 amide bonds. The van der Waals surface area contributed by atoms with Crippen LogP contribution in [0.15, 0.2) is 17.3 Å². The summed E-state index contributed by atoms with van der Waals surface area (Å²) in [4.78, 5) is 13.2. The van der Waals surface area contributed by atoms with Gasteiger partial charge >= 0.3 is 6.18 Å². The van der Waals surface area contributed by atoms with E-state index in [2.05, 4.69) is 19.9 Å². The number of nitrogens with two attached hydrogens (primary N) is 1. The predicted octanol–water partition coefficient (Wildman–Crippen LogP) is 1.83. The van der Waals surface area contributed by atoms with Crippen molar-refractivity contribution >= 4 is 23.4 Å². The molecule has 1 aromatic rings. The van der Waals surface area contributed by atoms with Crippen molar-refractivity contribution in [2.24, 2.45) is 10.7 Å². The van der Waals surface area contributed by atoms with E-state index in [1.54, 1.807) is 0 Å². The van der Waals surface area contributed by atoms with Crippen LogP contribution in [0.25, 0.3) is 5.57 Å². The van der Waals surface area contributed by atoms with E-state index in [1.165, 1.54) is 6.21 Å². The van der Waals surface area contributed by atoms with Crippen LogP contribution < -0.4 is 5.73 Å². The van der Waals surface area contributed by atoms with Crippen molar-refractivity contribution in [1.82, 2.24) is 14.9 Å². The van der Waals surface area contributed by atoms with Crippen LogP contribution in [-0.2, 0) is 6.18 Å². The maximum Gasteiger partial charge on any atom is 0.433 e. The van der Waals surface area contributed by atoms with Crippen LogP contribution in [0.5, 0.6) is 0 Å². The quantitative estimate of drug-likeness (QED) is 0.682. The molecule has 21 heavy (non-hydrogen) atoms. The lowest BCUT2D eigenvalue weighted by molar-refractivity contribution is -0.141. The summed E-state index contributed by atoms with van der Waals surface area (Å²) < 4.78 is 38.1. The van der Waals surface area contributed by atoms with Crippen LogP contribution in [0, 0.1) is 0 Å². The molecule has 2 rings (SSSR count). The van der Waals surface area contributed by atoms with E-state index in [1.807, 2.05) is 7.05 Å². The van der Waals surface area contributed by atoms with E-state index in [9.17, 15) is 13.2 Å². The molecule has 0 saturated carbocycles. The van der Waals surface area contributed by atoms with Gasteiger partial charge in [-0.25, -0.2) is 9.97 Å². The minimum absolute atomic E-state index is 0.0127. The van der Waals surface area contributed by atoms with Gasteiger partial charge < -0.3 is 10.6 Å². The Balaban J connectivity index is 2.24. The Hall–Kier alpha value is -1.67. The molecule has 0 unspecified atom stereocenters. The van der Waals surface area contributed by atoms with Gasteiger partial charge in [0.25, 0.3) is 0 Å². The third-order valence-corrected chi connectivity index (χ3v) is 3.10. The number of hydrogen-bond donors (Lipinski definition) is 1. The van der Waals surface area contributed by atoms with Crippen molar-refractivity contribution in [2.45, 2.75) is 12.2 Å². The van der Waals surface area contributed by atoms with E-state index in [0.29, 0.717) is 0 Å². The second-order valence-electron chi connectivity index (χ2n) is 4.68. The third-order valence-electron chi connectivity index (χ3n) is 2.93. The largest absolute Gasteiger partial charge is 0.433 e. The number of nitrogens with zero attached hydrogens (tertiary/aromatic N) is 4. The van der Waals surface area contributed by atoms with Gasteiger partial charge in [0.2, 0.25) is 5.28 Å². The fraction of sp³-hybridized carbons (Fsp3) is 0.417. The van der Waals surface area contributed by atoms with Crippen molar-refractivity contribution in [3.8, 4) is 0 Å². The maximum absolute atomic E-state index is 12.7. The molecular formula is C12H13ClF3N5. The van der Waals surface area contributed by atoms with E-state index in [-0.39, 0.29) is 17.3 Å². The number of likely N-dealkylation sites (tertiary alicyclic amines) is 1. The number of aromatic nitrogens is 2. The average molecular weight is 320 g/mol. The summed E-state index contributed by atoms with van der Waals surface area (Å²) in [5, 5.41) is -0.490. The van der Waals surface area contributed by atoms with Gasteiger partial charge in [-0.1, -0.05) is 0 Å². The number of likely N-dealkylation sites (N-methyl/N-ethyl adjacent to an activating group) is 1. The molecule has 1 aromatic heterocycles. The average Bonchev–Trinajstić information content (AvgIpc) is 2.35. The van der Waals surface area contributed by atoms with Crippen LogP contribution in [-0.4, -0.2) is 47.3 Å². The highest BCUT2D eigenvalue weighted by molar-refractivity contribution is 6.28. The van der Waals surface area contributed by atoms with Gasteiger partial charge in [0.1, 0.15) is 5.69 Å². The highest BCUT2D eigenvalue weighted by Gasteiger charge is 2.33. The summed E-state index contributed by atoms with van der Waals surface area (Å²) >= 11 is 5.54. The summed E-state index contributed by atoms with van der Waals surface area (Å²) in [7, 11) is 1.95. The van der Waals surface area contributed by atoms with Crippen molar-refractivity contribution in [3.63, 3.8) is 0 Å². The zero-order valence-corrected chi connectivity index (χ0v) is 11.9. The van der Waals surface area contributed by atoms with Crippen LogP contribution in [0.1, 0.15) is 11.4 Å². The summed E-state index contributed by atoms with van der Waals surface area (Å²) in [5.41, 5.74) is 4.57. The topological polar surface area (TPSA) is 67.4 Å². The summed E-state index contributed by atoms with van der Waals surface area (Å²) in [6.07, 6.45) is -2.05. The Kier molecular flexibility index (Phi) is 4.48. The highest BCUT2D eigenvalue weighted by atomic mass is 35.5. The van der Waals surface area contributed by atoms with Gasteiger partial charge in [-0.15, -0.1) is 0 Å². The van der Waals surface area contributed by atoms with Crippen LogP contribution in [0.4, 0.5) is 13.2 Å². The zero-order chi connectivity index (χ0) is 15.6. The molecule has 0 atom stereocenters. The molecule has 1 fully saturated rings. The van der Waals surface area contributed by atoms with Crippen molar-refractivity contribution in [1.29, 1.82) is 0 Å². The first-order chi connectivity index (χ1) is 9.79. The van der Waals surface area contributed by atoms with Crippen LogP contribution in [0.2, 0.25) is 5.28 Å². The smallest absolute Gasteiger partial charge is 0.404 e.